The third-order valence-corrected chi connectivity index (χ3v) is 2.51. The lowest BCUT2D eigenvalue weighted by Gasteiger charge is -2.05. The van der Waals surface area contributed by atoms with Crippen LogP contribution in [0.4, 0.5) is 0 Å². The Morgan fingerprint density at radius 2 is 2.05 bits per heavy atom. The number of pyridine rings is 1. The van der Waals surface area contributed by atoms with Crippen LogP contribution in [0.5, 0.6) is 0 Å². The fourth-order valence-electron chi connectivity index (χ4n) is 1.47. The molecule has 2 rings (SSSR count). The molecule has 0 unspecified atom stereocenters. The maximum atomic E-state index is 11.9. The van der Waals surface area contributed by atoms with E-state index in [1.165, 1.54) is 18.3 Å². The number of hydrogen-bond donors (Lipinski definition) is 2. The number of hydrogen-bond acceptors (Lipinski definition) is 5. The van der Waals surface area contributed by atoms with Crippen LogP contribution in [-0.4, -0.2) is 31.9 Å². The van der Waals surface area contributed by atoms with Crippen molar-refractivity contribution in [1.82, 2.24) is 20.3 Å². The van der Waals surface area contributed by atoms with Crippen LogP contribution < -0.4 is 5.32 Å². The number of carboxylic acids is 1. The van der Waals surface area contributed by atoms with Crippen LogP contribution in [0, 0.1) is 6.92 Å². The summed E-state index contributed by atoms with van der Waals surface area (Å²) in [5.41, 5.74) is 1.47. The number of nitrogens with one attached hydrogen (secondary N) is 1. The monoisotopic (exact) mass is 272 g/mol. The number of aromatic nitrogens is 3. The highest BCUT2D eigenvalue weighted by atomic mass is 16.4. The number of carbonyl (C=O) groups excluding carboxylic acids is 1. The highest BCUT2D eigenvalue weighted by Crippen LogP contribution is 2.02. The lowest BCUT2D eigenvalue weighted by Crippen LogP contribution is -2.23. The Balaban J connectivity index is 2.03. The molecule has 0 saturated heterocycles. The first-order valence-corrected chi connectivity index (χ1v) is 5.81. The molecule has 0 aromatic carbocycles. The minimum atomic E-state index is -1.18. The number of aryl methyl sites for hydroxylation is 1. The topological polar surface area (TPSA) is 105 Å². The van der Waals surface area contributed by atoms with Gasteiger partial charge in [-0.15, -0.1) is 0 Å². The average molecular weight is 272 g/mol. The number of amides is 1. The van der Waals surface area contributed by atoms with Crippen molar-refractivity contribution in [2.45, 2.75) is 13.5 Å². The zero-order valence-corrected chi connectivity index (χ0v) is 10.7. The van der Waals surface area contributed by atoms with Crippen LogP contribution in [0.1, 0.15) is 32.2 Å². The number of rotatable bonds is 4. The molecule has 20 heavy (non-hydrogen) atoms. The van der Waals surface area contributed by atoms with E-state index in [9.17, 15) is 9.59 Å². The standard InChI is InChI=1S/C13H12N4O3/c1-8-5-16-10(6-15-8)7-17-12(18)9-2-3-14-11(4-9)13(19)20/h2-6H,7H2,1H3,(H,17,18)(H,19,20). The molecule has 1 amide bonds. The van der Waals surface area contributed by atoms with E-state index < -0.39 is 11.9 Å². The Labute approximate surface area is 114 Å². The molecule has 0 aliphatic heterocycles. The third kappa shape index (κ3) is 3.35. The van der Waals surface area contributed by atoms with Crippen molar-refractivity contribution >= 4 is 11.9 Å². The van der Waals surface area contributed by atoms with Gasteiger partial charge in [0.05, 0.1) is 24.1 Å². The van der Waals surface area contributed by atoms with Gasteiger partial charge in [0.1, 0.15) is 5.69 Å². The van der Waals surface area contributed by atoms with Gasteiger partial charge in [-0.25, -0.2) is 9.78 Å². The van der Waals surface area contributed by atoms with Crippen LogP contribution in [0.15, 0.2) is 30.7 Å². The molecule has 7 heteroatoms. The molecule has 0 saturated carbocycles. The van der Waals surface area contributed by atoms with Crippen LogP contribution in [-0.2, 0) is 6.54 Å². The minimum Gasteiger partial charge on any atom is -0.477 e. The third-order valence-electron chi connectivity index (χ3n) is 2.51. The normalized spacial score (nSPS) is 10.1. The van der Waals surface area contributed by atoms with Gasteiger partial charge in [-0.05, 0) is 19.1 Å². The second-order valence-electron chi connectivity index (χ2n) is 4.07. The van der Waals surface area contributed by atoms with E-state index in [1.54, 1.807) is 12.4 Å². The first-order valence-electron chi connectivity index (χ1n) is 5.81. The van der Waals surface area contributed by atoms with Crippen molar-refractivity contribution in [3.8, 4) is 0 Å². The Morgan fingerprint density at radius 1 is 1.25 bits per heavy atom. The van der Waals surface area contributed by atoms with Gasteiger partial charge in [-0.1, -0.05) is 0 Å². The maximum absolute atomic E-state index is 11.9. The van der Waals surface area contributed by atoms with Crippen LogP contribution in [0.2, 0.25) is 0 Å². The molecule has 0 atom stereocenters. The maximum Gasteiger partial charge on any atom is 0.354 e. The summed E-state index contributed by atoms with van der Waals surface area (Å²) in [6.45, 7) is 2.04. The molecule has 2 aromatic rings. The molecule has 0 aliphatic carbocycles. The van der Waals surface area contributed by atoms with E-state index in [0.717, 1.165) is 5.69 Å². The fourth-order valence-corrected chi connectivity index (χ4v) is 1.47. The number of aromatic carboxylic acids is 1. The van der Waals surface area contributed by atoms with Gasteiger partial charge in [0, 0.05) is 18.0 Å². The predicted molar refractivity (Wildman–Crippen MR) is 69.1 cm³/mol. The van der Waals surface area contributed by atoms with Crippen LogP contribution >= 0.6 is 0 Å². The van der Waals surface area contributed by atoms with E-state index >= 15 is 0 Å². The van der Waals surface area contributed by atoms with E-state index in [4.69, 9.17) is 5.11 Å². The van der Waals surface area contributed by atoms with E-state index in [1.807, 2.05) is 6.92 Å². The molecule has 0 spiro atoms. The second kappa shape index (κ2) is 5.87. The molecule has 2 N–H and O–H groups in total. The molecule has 2 aromatic heterocycles. The summed E-state index contributed by atoms with van der Waals surface area (Å²) in [4.78, 5) is 34.5. The van der Waals surface area contributed by atoms with Crippen molar-refractivity contribution in [2.24, 2.45) is 0 Å². The summed E-state index contributed by atoms with van der Waals surface area (Å²) in [7, 11) is 0. The van der Waals surface area contributed by atoms with Gasteiger partial charge in [0.25, 0.3) is 5.91 Å². The number of carboxylic acid groups (broad SMARTS) is 1. The molecule has 0 aliphatic rings. The van der Waals surface area contributed by atoms with E-state index in [0.29, 0.717) is 5.69 Å². The summed E-state index contributed by atoms with van der Waals surface area (Å²) >= 11 is 0. The van der Waals surface area contributed by atoms with Gasteiger partial charge < -0.3 is 10.4 Å². The van der Waals surface area contributed by atoms with Crippen molar-refractivity contribution in [1.29, 1.82) is 0 Å². The van der Waals surface area contributed by atoms with Crippen LogP contribution in [0.3, 0.4) is 0 Å². The first-order chi connectivity index (χ1) is 9.56. The summed E-state index contributed by atoms with van der Waals surface area (Å²) in [5.74, 6) is -1.57. The van der Waals surface area contributed by atoms with Crippen molar-refractivity contribution in [2.75, 3.05) is 0 Å². The molecule has 0 fully saturated rings. The Morgan fingerprint density at radius 3 is 2.70 bits per heavy atom. The highest BCUT2D eigenvalue weighted by molar-refractivity contribution is 5.96. The average Bonchev–Trinajstić information content (AvgIpc) is 2.46. The van der Waals surface area contributed by atoms with E-state index in [-0.39, 0.29) is 17.8 Å². The smallest absolute Gasteiger partial charge is 0.354 e. The summed E-state index contributed by atoms with van der Waals surface area (Å²) in [6, 6.07) is 2.67. The van der Waals surface area contributed by atoms with Crippen LogP contribution in [0.25, 0.3) is 0 Å². The van der Waals surface area contributed by atoms with Gasteiger partial charge in [0.2, 0.25) is 0 Å². The first kappa shape index (κ1) is 13.6. The summed E-state index contributed by atoms with van der Waals surface area (Å²) < 4.78 is 0. The Kier molecular flexibility index (Phi) is 3.99. The fraction of sp³-hybridized carbons (Fsp3) is 0.154. The molecule has 2 heterocycles. The highest BCUT2D eigenvalue weighted by Gasteiger charge is 2.10. The van der Waals surface area contributed by atoms with Gasteiger partial charge in [0.15, 0.2) is 0 Å². The zero-order chi connectivity index (χ0) is 14.5. The Bertz CT molecular complexity index is 640. The molecule has 0 radical (unpaired) electrons. The van der Waals surface area contributed by atoms with Crippen molar-refractivity contribution in [3.05, 3.63) is 53.4 Å². The van der Waals surface area contributed by atoms with Crippen molar-refractivity contribution < 1.29 is 14.7 Å². The molecule has 0 bridgehead atoms. The molecular formula is C13H12N4O3. The minimum absolute atomic E-state index is 0.173. The SMILES string of the molecule is Cc1cnc(CNC(=O)c2ccnc(C(=O)O)c2)cn1. The van der Waals surface area contributed by atoms with Gasteiger partial charge in [-0.2, -0.15) is 0 Å². The van der Waals surface area contributed by atoms with Crippen molar-refractivity contribution in [3.63, 3.8) is 0 Å². The largest absolute Gasteiger partial charge is 0.477 e. The van der Waals surface area contributed by atoms with E-state index in [2.05, 4.69) is 20.3 Å². The summed E-state index contributed by atoms with van der Waals surface area (Å²) in [5, 5.41) is 11.5. The molecule has 102 valence electrons. The van der Waals surface area contributed by atoms with Gasteiger partial charge in [-0.3, -0.25) is 14.8 Å². The summed E-state index contributed by atoms with van der Waals surface area (Å²) in [6.07, 6.45) is 4.46. The second-order valence-corrected chi connectivity index (χ2v) is 4.07. The number of carbonyl (C=O) groups is 2. The Hall–Kier alpha value is -2.83. The number of nitrogens with zero attached hydrogens (tertiary/aromatic N) is 3. The quantitative estimate of drug-likeness (QED) is 0.853. The molecule has 7 nitrogen and oxygen atoms in total. The molecular weight excluding hydrogens is 260 g/mol. The lowest BCUT2D eigenvalue weighted by atomic mass is 10.2. The zero-order valence-electron chi connectivity index (χ0n) is 10.7. The predicted octanol–water partition coefficient (Wildman–Crippen LogP) is 0.808. The van der Waals surface area contributed by atoms with Gasteiger partial charge >= 0.3 is 5.97 Å². The lowest BCUT2D eigenvalue weighted by molar-refractivity contribution is 0.0690.